The molecule has 1 fully saturated rings. The average molecular weight is 537 g/mol. The third-order valence-electron chi connectivity index (χ3n) is 7.09. The molecule has 2 aromatic carbocycles. The van der Waals surface area contributed by atoms with Crippen molar-refractivity contribution in [2.24, 2.45) is 0 Å². The van der Waals surface area contributed by atoms with Crippen molar-refractivity contribution in [3.05, 3.63) is 81.0 Å². The van der Waals surface area contributed by atoms with Crippen LogP contribution in [0.4, 0.5) is 0 Å². The number of aliphatic hydroxyl groups excluding tert-OH is 1. The highest BCUT2D eigenvalue weighted by Crippen LogP contribution is 2.41. The number of aryl methyl sites for hydroxylation is 1. The largest absolute Gasteiger partial charge is 0.503 e. The second-order valence-corrected chi connectivity index (χ2v) is 10.6. The number of halogens is 1. The van der Waals surface area contributed by atoms with Crippen molar-refractivity contribution in [1.29, 1.82) is 0 Å². The Balaban J connectivity index is 1.40. The van der Waals surface area contributed by atoms with Crippen molar-refractivity contribution < 1.29 is 19.4 Å². The summed E-state index contributed by atoms with van der Waals surface area (Å²) in [7, 11) is 0. The van der Waals surface area contributed by atoms with Crippen molar-refractivity contribution >= 4 is 50.6 Å². The molecular formula is C27H25ClN4O4S. The molecule has 1 amide bonds. The number of hydrogen-bond acceptors (Lipinski definition) is 7. The molecule has 10 heteroatoms. The lowest BCUT2D eigenvalue weighted by molar-refractivity contribution is -0.129. The number of ketones is 1. The Morgan fingerprint density at radius 3 is 2.62 bits per heavy atom. The van der Waals surface area contributed by atoms with Gasteiger partial charge in [0.1, 0.15) is 0 Å². The van der Waals surface area contributed by atoms with E-state index in [0.717, 1.165) is 35.4 Å². The number of carbonyl (C=O) groups excluding carboxylic acids is 2. The fraction of sp³-hybridized carbons (Fsp3) is 0.296. The molecule has 0 spiro atoms. The number of thiazole rings is 1. The van der Waals surface area contributed by atoms with Gasteiger partial charge in [0.2, 0.25) is 5.78 Å². The minimum Gasteiger partial charge on any atom is -0.503 e. The predicted molar refractivity (Wildman–Crippen MR) is 142 cm³/mol. The summed E-state index contributed by atoms with van der Waals surface area (Å²) < 4.78 is 7.39. The zero-order valence-electron chi connectivity index (χ0n) is 20.2. The van der Waals surface area contributed by atoms with Gasteiger partial charge in [-0.05, 0) is 36.8 Å². The molecule has 4 heterocycles. The van der Waals surface area contributed by atoms with Crippen LogP contribution in [-0.2, 0) is 9.53 Å². The molecule has 2 aromatic heterocycles. The number of aliphatic hydroxyl groups is 1. The van der Waals surface area contributed by atoms with Gasteiger partial charge in [-0.3, -0.25) is 18.9 Å². The maximum Gasteiger partial charge on any atom is 0.290 e. The number of carbonyl (C=O) groups is 2. The summed E-state index contributed by atoms with van der Waals surface area (Å²) in [5.74, 6) is -1.40. The predicted octanol–water partition coefficient (Wildman–Crippen LogP) is 4.42. The summed E-state index contributed by atoms with van der Waals surface area (Å²) in [6.07, 6.45) is 0. The van der Waals surface area contributed by atoms with Crippen LogP contribution in [0.2, 0.25) is 5.02 Å². The first-order valence-corrected chi connectivity index (χ1v) is 13.3. The number of amides is 1. The van der Waals surface area contributed by atoms with Crippen LogP contribution in [0.25, 0.3) is 16.0 Å². The van der Waals surface area contributed by atoms with Gasteiger partial charge < -0.3 is 14.7 Å². The van der Waals surface area contributed by atoms with Gasteiger partial charge in [-0.2, -0.15) is 0 Å². The Morgan fingerprint density at radius 2 is 1.86 bits per heavy atom. The van der Waals surface area contributed by atoms with Gasteiger partial charge in [0.25, 0.3) is 5.91 Å². The lowest BCUT2D eigenvalue weighted by Gasteiger charge is -2.31. The molecule has 0 saturated carbocycles. The highest BCUT2D eigenvalue weighted by atomic mass is 35.5. The Labute approximate surface area is 222 Å². The third-order valence-corrected chi connectivity index (χ3v) is 8.48. The summed E-state index contributed by atoms with van der Waals surface area (Å²) in [5.41, 5.74) is 3.30. The fourth-order valence-corrected chi connectivity index (χ4v) is 6.40. The van der Waals surface area contributed by atoms with Crippen LogP contribution in [-0.4, -0.2) is 75.4 Å². The average Bonchev–Trinajstić information content (AvgIpc) is 3.52. The lowest BCUT2D eigenvalue weighted by Crippen LogP contribution is -2.43. The van der Waals surface area contributed by atoms with Gasteiger partial charge in [-0.15, -0.1) is 0 Å². The maximum atomic E-state index is 14.0. The highest BCUT2D eigenvalue weighted by molar-refractivity contribution is 7.19. The number of Topliss-reactive ketones (excluding diaryl/α,β-unsaturated/α-hetero) is 1. The zero-order valence-corrected chi connectivity index (χ0v) is 21.8. The van der Waals surface area contributed by atoms with Crippen LogP contribution in [0.1, 0.15) is 27.0 Å². The number of benzene rings is 2. The number of aromatic nitrogens is 2. The molecule has 2 aliphatic rings. The van der Waals surface area contributed by atoms with E-state index in [2.05, 4.69) is 9.88 Å². The molecule has 4 aromatic rings. The molecule has 0 bridgehead atoms. The van der Waals surface area contributed by atoms with Crippen molar-refractivity contribution in [3.8, 4) is 0 Å². The summed E-state index contributed by atoms with van der Waals surface area (Å²) in [5, 5.41) is 11.6. The van der Waals surface area contributed by atoms with Gasteiger partial charge in [0.05, 0.1) is 40.7 Å². The van der Waals surface area contributed by atoms with E-state index < -0.39 is 17.7 Å². The first kappa shape index (κ1) is 24.1. The first-order valence-electron chi connectivity index (χ1n) is 12.1. The Morgan fingerprint density at radius 1 is 1.14 bits per heavy atom. The lowest BCUT2D eigenvalue weighted by atomic mass is 9.95. The maximum absolute atomic E-state index is 14.0. The summed E-state index contributed by atoms with van der Waals surface area (Å²) >= 11 is 7.40. The molecule has 1 unspecified atom stereocenters. The van der Waals surface area contributed by atoms with Gasteiger partial charge in [0, 0.05) is 36.9 Å². The molecule has 190 valence electrons. The van der Waals surface area contributed by atoms with E-state index in [-0.39, 0.29) is 11.4 Å². The quantitative estimate of drug-likeness (QED) is 0.367. The number of ether oxygens (including phenoxy) is 1. The second kappa shape index (κ2) is 9.57. The zero-order chi connectivity index (χ0) is 25.7. The van der Waals surface area contributed by atoms with E-state index in [1.807, 2.05) is 35.6 Å². The number of hydrogen-bond donors (Lipinski definition) is 1. The fourth-order valence-electron chi connectivity index (χ4n) is 5.18. The van der Waals surface area contributed by atoms with E-state index in [0.29, 0.717) is 41.2 Å². The smallest absolute Gasteiger partial charge is 0.290 e. The minimum atomic E-state index is -0.719. The first-order chi connectivity index (χ1) is 17.9. The van der Waals surface area contributed by atoms with Crippen molar-refractivity contribution in [1.82, 2.24) is 19.2 Å². The molecule has 0 radical (unpaired) electrons. The SMILES string of the molecule is Cc1c(C(=O)C2=C(O)C(=O)N(CCN3CCOCC3)C2c2ccc(Cl)cc2)sc2nc3ccccc3n12. The molecule has 37 heavy (non-hydrogen) atoms. The molecule has 2 aliphatic heterocycles. The molecule has 1 N–H and O–H groups in total. The molecule has 1 saturated heterocycles. The normalized spacial score (nSPS) is 19.0. The third kappa shape index (κ3) is 4.12. The van der Waals surface area contributed by atoms with Crippen molar-refractivity contribution in [2.45, 2.75) is 13.0 Å². The summed E-state index contributed by atoms with van der Waals surface area (Å²) in [4.78, 5) is 37.0. The van der Waals surface area contributed by atoms with Gasteiger partial charge in [-0.1, -0.05) is 47.2 Å². The summed E-state index contributed by atoms with van der Waals surface area (Å²) in [6, 6.07) is 14.1. The number of fused-ring (bicyclic) bond motifs is 3. The second-order valence-electron chi connectivity index (χ2n) is 9.23. The van der Waals surface area contributed by atoms with Gasteiger partial charge in [-0.25, -0.2) is 4.98 Å². The van der Waals surface area contributed by atoms with E-state index in [1.165, 1.54) is 11.3 Å². The molecular weight excluding hydrogens is 512 g/mol. The molecule has 6 rings (SSSR count). The Kier molecular flexibility index (Phi) is 6.24. The van der Waals surface area contributed by atoms with E-state index in [9.17, 15) is 14.7 Å². The van der Waals surface area contributed by atoms with E-state index in [4.69, 9.17) is 16.3 Å². The highest BCUT2D eigenvalue weighted by Gasteiger charge is 2.44. The standard InChI is InChI=1S/C27H25ClN4O4S/c1-16-25(37-27-29-19-4-2-3-5-20(19)32(16)27)23(33)21-22(17-6-8-18(28)9-7-17)31(26(35)24(21)34)11-10-30-12-14-36-15-13-30/h2-9,22,34H,10-15H2,1H3. The Hall–Kier alpha value is -3.24. The topological polar surface area (TPSA) is 87.4 Å². The number of morpholine rings is 1. The van der Waals surface area contributed by atoms with Crippen LogP contribution in [0.15, 0.2) is 59.9 Å². The molecule has 8 nitrogen and oxygen atoms in total. The van der Waals surface area contributed by atoms with E-state index in [1.54, 1.807) is 29.2 Å². The van der Waals surface area contributed by atoms with Gasteiger partial charge in [0.15, 0.2) is 10.7 Å². The van der Waals surface area contributed by atoms with E-state index >= 15 is 0 Å². The number of imidazole rings is 1. The van der Waals surface area contributed by atoms with Crippen LogP contribution >= 0.6 is 22.9 Å². The minimum absolute atomic E-state index is 0.0891. The van der Waals surface area contributed by atoms with Crippen LogP contribution in [0.5, 0.6) is 0 Å². The van der Waals surface area contributed by atoms with Crippen LogP contribution < -0.4 is 0 Å². The van der Waals surface area contributed by atoms with Crippen LogP contribution in [0.3, 0.4) is 0 Å². The van der Waals surface area contributed by atoms with Crippen molar-refractivity contribution in [3.63, 3.8) is 0 Å². The van der Waals surface area contributed by atoms with Crippen molar-refractivity contribution in [2.75, 3.05) is 39.4 Å². The monoisotopic (exact) mass is 536 g/mol. The Bertz CT molecular complexity index is 1550. The number of para-hydroxylation sites is 2. The summed E-state index contributed by atoms with van der Waals surface area (Å²) in [6.45, 7) is 5.71. The number of rotatable bonds is 6. The molecule has 0 aliphatic carbocycles. The molecule has 1 atom stereocenters. The van der Waals surface area contributed by atoms with Crippen LogP contribution in [0, 0.1) is 6.92 Å². The van der Waals surface area contributed by atoms with Gasteiger partial charge >= 0.3 is 0 Å². The number of nitrogens with zero attached hydrogens (tertiary/aromatic N) is 4.